The number of unbranched alkanes of at least 4 members (excludes halogenated alkanes) is 5. The number of hydrogen-bond donors (Lipinski definition) is 0. The SMILES string of the molecule is CCCCCCCc1ccc(-c2ncc(-c3ccc(CCCC)cc3)cn2)cc1F. The van der Waals surface area contributed by atoms with Crippen molar-refractivity contribution in [3.05, 3.63) is 71.8 Å². The fraction of sp³-hybridized carbons (Fsp3) is 0.407. The minimum absolute atomic E-state index is 0.154. The van der Waals surface area contributed by atoms with E-state index < -0.39 is 0 Å². The zero-order chi connectivity index (χ0) is 21.2. The second kappa shape index (κ2) is 11.6. The Hall–Kier alpha value is -2.55. The monoisotopic (exact) mass is 404 g/mol. The van der Waals surface area contributed by atoms with Crippen molar-refractivity contribution >= 4 is 0 Å². The van der Waals surface area contributed by atoms with Crippen molar-refractivity contribution in [3.8, 4) is 22.5 Å². The molecule has 0 aliphatic rings. The van der Waals surface area contributed by atoms with Crippen LogP contribution in [0.1, 0.15) is 69.9 Å². The number of aryl methyl sites for hydroxylation is 2. The first kappa shape index (κ1) is 22.1. The molecule has 0 spiro atoms. The lowest BCUT2D eigenvalue weighted by atomic mass is 10.0. The average molecular weight is 405 g/mol. The van der Waals surface area contributed by atoms with Gasteiger partial charge in [0.15, 0.2) is 5.82 Å². The molecular formula is C27H33FN2. The summed E-state index contributed by atoms with van der Waals surface area (Å²) in [6, 6.07) is 14.0. The van der Waals surface area contributed by atoms with E-state index in [0.29, 0.717) is 5.82 Å². The summed E-state index contributed by atoms with van der Waals surface area (Å²) in [5.41, 5.74) is 4.95. The van der Waals surface area contributed by atoms with Crippen LogP contribution in [0.25, 0.3) is 22.5 Å². The third kappa shape index (κ3) is 6.22. The molecule has 30 heavy (non-hydrogen) atoms. The summed E-state index contributed by atoms with van der Waals surface area (Å²) < 4.78 is 14.5. The molecule has 0 bridgehead atoms. The van der Waals surface area contributed by atoms with Gasteiger partial charge >= 0.3 is 0 Å². The average Bonchev–Trinajstić information content (AvgIpc) is 2.79. The predicted molar refractivity (Wildman–Crippen MR) is 124 cm³/mol. The molecule has 3 heteroatoms. The van der Waals surface area contributed by atoms with Gasteiger partial charge in [-0.05, 0) is 48.4 Å². The van der Waals surface area contributed by atoms with Crippen LogP contribution < -0.4 is 0 Å². The number of benzene rings is 2. The van der Waals surface area contributed by atoms with E-state index in [0.717, 1.165) is 41.5 Å². The highest BCUT2D eigenvalue weighted by Crippen LogP contribution is 2.23. The van der Waals surface area contributed by atoms with E-state index >= 15 is 0 Å². The molecule has 1 aromatic heterocycles. The minimum atomic E-state index is -0.154. The van der Waals surface area contributed by atoms with E-state index in [-0.39, 0.29) is 5.82 Å². The number of halogens is 1. The van der Waals surface area contributed by atoms with Gasteiger partial charge in [0.05, 0.1) is 0 Å². The fourth-order valence-corrected chi connectivity index (χ4v) is 3.68. The summed E-state index contributed by atoms with van der Waals surface area (Å²) in [4.78, 5) is 8.97. The maximum Gasteiger partial charge on any atom is 0.159 e. The summed E-state index contributed by atoms with van der Waals surface area (Å²) in [5.74, 6) is 0.407. The zero-order valence-corrected chi connectivity index (χ0v) is 18.3. The molecule has 0 atom stereocenters. The Morgan fingerprint density at radius 3 is 2.00 bits per heavy atom. The first-order chi connectivity index (χ1) is 14.7. The second-order valence-electron chi connectivity index (χ2n) is 8.07. The zero-order valence-electron chi connectivity index (χ0n) is 18.3. The highest BCUT2D eigenvalue weighted by Gasteiger charge is 2.08. The summed E-state index contributed by atoms with van der Waals surface area (Å²) in [6.07, 6.45) is 13.9. The smallest absolute Gasteiger partial charge is 0.159 e. The molecule has 158 valence electrons. The van der Waals surface area contributed by atoms with Gasteiger partial charge in [-0.1, -0.05) is 82.3 Å². The van der Waals surface area contributed by atoms with Crippen LogP contribution in [-0.2, 0) is 12.8 Å². The van der Waals surface area contributed by atoms with Crippen LogP contribution in [0.3, 0.4) is 0 Å². The number of aromatic nitrogens is 2. The van der Waals surface area contributed by atoms with Crippen molar-refractivity contribution in [1.82, 2.24) is 9.97 Å². The number of nitrogens with zero attached hydrogens (tertiary/aromatic N) is 2. The lowest BCUT2D eigenvalue weighted by molar-refractivity contribution is 0.588. The van der Waals surface area contributed by atoms with Crippen LogP contribution >= 0.6 is 0 Å². The third-order valence-electron chi connectivity index (χ3n) is 5.62. The van der Waals surface area contributed by atoms with E-state index in [1.165, 1.54) is 44.1 Å². The van der Waals surface area contributed by atoms with Crippen molar-refractivity contribution in [2.45, 2.75) is 71.6 Å². The number of rotatable bonds is 11. The maximum atomic E-state index is 14.5. The molecule has 0 unspecified atom stereocenters. The lowest BCUT2D eigenvalue weighted by Gasteiger charge is -2.07. The Kier molecular flexibility index (Phi) is 8.55. The van der Waals surface area contributed by atoms with Gasteiger partial charge in [0.25, 0.3) is 0 Å². The molecule has 0 N–H and O–H groups in total. The standard InChI is InChI=1S/C27H33FN2/c1-3-5-7-8-9-11-23-16-17-24(18-26(23)28)27-29-19-25(20-30-27)22-14-12-21(13-15-22)10-6-4-2/h12-20H,3-11H2,1-2H3. The maximum absolute atomic E-state index is 14.5. The molecule has 2 aromatic carbocycles. The largest absolute Gasteiger partial charge is 0.236 e. The summed E-state index contributed by atoms with van der Waals surface area (Å²) in [5, 5.41) is 0. The van der Waals surface area contributed by atoms with Gasteiger partial charge < -0.3 is 0 Å². The van der Waals surface area contributed by atoms with Gasteiger partial charge in [0.1, 0.15) is 5.82 Å². The molecule has 0 fully saturated rings. The van der Waals surface area contributed by atoms with E-state index in [1.54, 1.807) is 6.07 Å². The Bertz CT molecular complexity index is 901. The summed E-state index contributed by atoms with van der Waals surface area (Å²) in [6.45, 7) is 4.42. The summed E-state index contributed by atoms with van der Waals surface area (Å²) in [7, 11) is 0. The van der Waals surface area contributed by atoms with Gasteiger partial charge in [-0.3, -0.25) is 0 Å². The van der Waals surface area contributed by atoms with E-state index in [9.17, 15) is 4.39 Å². The molecule has 3 aromatic rings. The molecule has 0 aliphatic heterocycles. The van der Waals surface area contributed by atoms with Crippen molar-refractivity contribution in [3.63, 3.8) is 0 Å². The second-order valence-corrected chi connectivity index (χ2v) is 8.07. The quantitative estimate of drug-likeness (QED) is 0.305. The highest BCUT2D eigenvalue weighted by molar-refractivity contribution is 5.64. The molecule has 0 saturated carbocycles. The molecule has 0 amide bonds. The van der Waals surface area contributed by atoms with E-state index in [4.69, 9.17) is 0 Å². The number of hydrogen-bond acceptors (Lipinski definition) is 2. The first-order valence-corrected chi connectivity index (χ1v) is 11.4. The Morgan fingerprint density at radius 2 is 1.33 bits per heavy atom. The predicted octanol–water partition coefficient (Wildman–Crippen LogP) is 7.81. The molecular weight excluding hydrogens is 371 g/mol. The van der Waals surface area contributed by atoms with Gasteiger partial charge in [0, 0.05) is 23.5 Å². The van der Waals surface area contributed by atoms with Gasteiger partial charge in [-0.2, -0.15) is 0 Å². The Morgan fingerprint density at radius 1 is 0.667 bits per heavy atom. The van der Waals surface area contributed by atoms with Crippen LogP contribution in [0.2, 0.25) is 0 Å². The third-order valence-corrected chi connectivity index (χ3v) is 5.62. The highest BCUT2D eigenvalue weighted by atomic mass is 19.1. The summed E-state index contributed by atoms with van der Waals surface area (Å²) >= 11 is 0. The van der Waals surface area contributed by atoms with E-state index in [1.807, 2.05) is 24.5 Å². The normalized spacial score (nSPS) is 11.0. The van der Waals surface area contributed by atoms with Crippen molar-refractivity contribution in [2.75, 3.05) is 0 Å². The first-order valence-electron chi connectivity index (χ1n) is 11.4. The molecule has 3 rings (SSSR count). The fourth-order valence-electron chi connectivity index (χ4n) is 3.68. The molecule has 0 radical (unpaired) electrons. The van der Waals surface area contributed by atoms with Crippen LogP contribution in [0.5, 0.6) is 0 Å². The molecule has 2 nitrogen and oxygen atoms in total. The molecule has 0 aliphatic carbocycles. The van der Waals surface area contributed by atoms with Gasteiger partial charge in [0.2, 0.25) is 0 Å². The van der Waals surface area contributed by atoms with E-state index in [2.05, 4.69) is 48.1 Å². The van der Waals surface area contributed by atoms with Crippen LogP contribution in [0.4, 0.5) is 4.39 Å². The van der Waals surface area contributed by atoms with Crippen LogP contribution in [-0.4, -0.2) is 9.97 Å². The lowest BCUT2D eigenvalue weighted by Crippen LogP contribution is -1.95. The van der Waals surface area contributed by atoms with Gasteiger partial charge in [-0.25, -0.2) is 14.4 Å². The Balaban J connectivity index is 1.63. The Labute approximate surface area is 180 Å². The van der Waals surface area contributed by atoms with Crippen molar-refractivity contribution < 1.29 is 4.39 Å². The van der Waals surface area contributed by atoms with Crippen molar-refractivity contribution in [2.24, 2.45) is 0 Å². The molecule has 0 saturated heterocycles. The topological polar surface area (TPSA) is 25.8 Å². The van der Waals surface area contributed by atoms with Crippen LogP contribution in [0, 0.1) is 5.82 Å². The molecule has 1 heterocycles. The van der Waals surface area contributed by atoms with Crippen molar-refractivity contribution in [1.29, 1.82) is 0 Å². The minimum Gasteiger partial charge on any atom is -0.236 e. The van der Waals surface area contributed by atoms with Crippen LogP contribution in [0.15, 0.2) is 54.9 Å². The van der Waals surface area contributed by atoms with Gasteiger partial charge in [-0.15, -0.1) is 0 Å².